The number of halogens is 1. The van der Waals surface area contributed by atoms with Crippen molar-refractivity contribution in [1.82, 2.24) is 4.90 Å². The van der Waals surface area contributed by atoms with Crippen LogP contribution in [0.2, 0.25) is 0 Å². The van der Waals surface area contributed by atoms with E-state index < -0.39 is 5.97 Å². The number of aromatic carboxylic acids is 1. The van der Waals surface area contributed by atoms with E-state index in [2.05, 4.69) is 0 Å². The lowest BCUT2D eigenvalue weighted by Gasteiger charge is -2.23. The first-order valence-electron chi connectivity index (χ1n) is 6.79. The SMILES string of the molecule is CN(Cc1c(C(=O)O)sc2cccc(F)c12)C1CCOC1. The highest BCUT2D eigenvalue weighted by molar-refractivity contribution is 7.21. The van der Waals surface area contributed by atoms with E-state index in [1.165, 1.54) is 6.07 Å². The van der Waals surface area contributed by atoms with Gasteiger partial charge in [0.25, 0.3) is 0 Å². The molecule has 0 aliphatic carbocycles. The maximum Gasteiger partial charge on any atom is 0.346 e. The van der Waals surface area contributed by atoms with Gasteiger partial charge in [0, 0.05) is 34.8 Å². The average Bonchev–Trinajstić information content (AvgIpc) is 3.07. The van der Waals surface area contributed by atoms with Crippen LogP contribution in [0.4, 0.5) is 4.39 Å². The zero-order valence-electron chi connectivity index (χ0n) is 11.6. The molecule has 0 bridgehead atoms. The predicted molar refractivity (Wildman–Crippen MR) is 79.4 cm³/mol. The molecule has 0 spiro atoms. The summed E-state index contributed by atoms with van der Waals surface area (Å²) in [5, 5.41) is 9.82. The van der Waals surface area contributed by atoms with Gasteiger partial charge >= 0.3 is 5.97 Å². The summed E-state index contributed by atoms with van der Waals surface area (Å²) < 4.78 is 20.2. The Morgan fingerprint density at radius 1 is 1.57 bits per heavy atom. The molecule has 1 atom stereocenters. The third-order valence-electron chi connectivity index (χ3n) is 3.89. The largest absolute Gasteiger partial charge is 0.477 e. The molecule has 112 valence electrons. The molecule has 0 amide bonds. The van der Waals surface area contributed by atoms with Gasteiger partial charge in [-0.3, -0.25) is 4.90 Å². The van der Waals surface area contributed by atoms with E-state index in [1.807, 2.05) is 11.9 Å². The third kappa shape index (κ3) is 2.66. The second kappa shape index (κ2) is 5.71. The molecule has 1 saturated heterocycles. The van der Waals surface area contributed by atoms with Crippen LogP contribution >= 0.6 is 11.3 Å². The van der Waals surface area contributed by atoms with Gasteiger partial charge in [0.2, 0.25) is 0 Å². The summed E-state index contributed by atoms with van der Waals surface area (Å²) in [4.78, 5) is 13.7. The molecular weight excluding hydrogens is 293 g/mol. The van der Waals surface area contributed by atoms with E-state index in [4.69, 9.17) is 4.74 Å². The summed E-state index contributed by atoms with van der Waals surface area (Å²) in [5.41, 5.74) is 0.565. The van der Waals surface area contributed by atoms with Crippen molar-refractivity contribution in [2.75, 3.05) is 20.3 Å². The number of ether oxygens (including phenoxy) is 1. The molecule has 21 heavy (non-hydrogen) atoms. The van der Waals surface area contributed by atoms with Crippen molar-refractivity contribution in [2.24, 2.45) is 0 Å². The van der Waals surface area contributed by atoms with E-state index in [0.29, 0.717) is 28.8 Å². The molecule has 4 nitrogen and oxygen atoms in total. The van der Waals surface area contributed by atoms with Crippen molar-refractivity contribution in [1.29, 1.82) is 0 Å². The van der Waals surface area contributed by atoms with Crippen molar-refractivity contribution in [3.63, 3.8) is 0 Å². The van der Waals surface area contributed by atoms with Gasteiger partial charge in [-0.25, -0.2) is 9.18 Å². The van der Waals surface area contributed by atoms with Crippen molar-refractivity contribution >= 4 is 27.4 Å². The Morgan fingerprint density at radius 2 is 2.38 bits per heavy atom. The van der Waals surface area contributed by atoms with Crippen molar-refractivity contribution < 1.29 is 19.0 Å². The number of carboxylic acids is 1. The van der Waals surface area contributed by atoms with Crippen LogP contribution in [0.5, 0.6) is 0 Å². The molecule has 1 aromatic heterocycles. The highest BCUT2D eigenvalue weighted by Gasteiger charge is 2.25. The van der Waals surface area contributed by atoms with E-state index >= 15 is 0 Å². The Labute approximate surface area is 125 Å². The summed E-state index contributed by atoms with van der Waals surface area (Å²) in [6, 6.07) is 5.01. The van der Waals surface area contributed by atoms with Crippen LogP contribution in [-0.4, -0.2) is 42.3 Å². The Bertz CT molecular complexity index is 679. The van der Waals surface area contributed by atoms with Crippen molar-refractivity contribution in [2.45, 2.75) is 19.0 Å². The first-order valence-corrected chi connectivity index (χ1v) is 7.60. The molecule has 1 fully saturated rings. The fourth-order valence-electron chi connectivity index (χ4n) is 2.74. The smallest absolute Gasteiger partial charge is 0.346 e. The molecule has 6 heteroatoms. The lowest BCUT2D eigenvalue weighted by atomic mass is 10.1. The van der Waals surface area contributed by atoms with Gasteiger partial charge in [-0.05, 0) is 25.6 Å². The van der Waals surface area contributed by atoms with E-state index in [0.717, 1.165) is 24.4 Å². The molecule has 1 aromatic carbocycles. The zero-order chi connectivity index (χ0) is 15.0. The van der Waals surface area contributed by atoms with Crippen LogP contribution in [0, 0.1) is 5.82 Å². The fourth-order valence-corrected chi connectivity index (χ4v) is 3.81. The van der Waals surface area contributed by atoms with Gasteiger partial charge in [-0.2, -0.15) is 0 Å². The summed E-state index contributed by atoms with van der Waals surface area (Å²) in [5.74, 6) is -1.36. The third-order valence-corrected chi connectivity index (χ3v) is 5.08. The van der Waals surface area contributed by atoms with Gasteiger partial charge in [0.1, 0.15) is 10.7 Å². The minimum Gasteiger partial charge on any atom is -0.477 e. The van der Waals surface area contributed by atoms with E-state index in [-0.39, 0.29) is 16.7 Å². The van der Waals surface area contributed by atoms with E-state index in [1.54, 1.807) is 12.1 Å². The fraction of sp³-hybridized carbons (Fsp3) is 0.400. The highest BCUT2D eigenvalue weighted by Crippen LogP contribution is 2.34. The molecule has 0 radical (unpaired) electrons. The second-order valence-corrected chi connectivity index (χ2v) is 6.31. The summed E-state index contributed by atoms with van der Waals surface area (Å²) in [6.07, 6.45) is 0.920. The Balaban J connectivity index is 2.02. The molecular formula is C15H16FNO3S. The molecule has 3 rings (SSSR count). The van der Waals surface area contributed by atoms with Gasteiger partial charge in [0.15, 0.2) is 0 Å². The first-order chi connectivity index (χ1) is 10.1. The average molecular weight is 309 g/mol. The monoisotopic (exact) mass is 309 g/mol. The number of thiophene rings is 1. The zero-order valence-corrected chi connectivity index (χ0v) is 12.5. The highest BCUT2D eigenvalue weighted by atomic mass is 32.1. The number of carbonyl (C=O) groups is 1. The Kier molecular flexibility index (Phi) is 3.93. The van der Waals surface area contributed by atoms with E-state index in [9.17, 15) is 14.3 Å². The topological polar surface area (TPSA) is 49.8 Å². The number of rotatable bonds is 4. The number of likely N-dealkylation sites (N-methyl/N-ethyl adjacent to an activating group) is 1. The number of benzene rings is 1. The van der Waals surface area contributed by atoms with Crippen LogP contribution in [-0.2, 0) is 11.3 Å². The van der Waals surface area contributed by atoms with Crippen LogP contribution in [0.25, 0.3) is 10.1 Å². The molecule has 0 saturated carbocycles. The summed E-state index contributed by atoms with van der Waals surface area (Å²) in [7, 11) is 1.93. The maximum atomic E-state index is 14.1. The Morgan fingerprint density at radius 3 is 3.05 bits per heavy atom. The number of fused-ring (bicyclic) bond motifs is 1. The van der Waals surface area contributed by atoms with Gasteiger partial charge in [-0.15, -0.1) is 11.3 Å². The lowest BCUT2D eigenvalue weighted by molar-refractivity contribution is 0.0700. The summed E-state index contributed by atoms with van der Waals surface area (Å²) in [6.45, 7) is 1.78. The predicted octanol–water partition coefficient (Wildman–Crippen LogP) is 2.96. The molecule has 2 aromatic rings. The minimum atomic E-state index is -0.998. The van der Waals surface area contributed by atoms with Gasteiger partial charge < -0.3 is 9.84 Å². The molecule has 2 heterocycles. The maximum absolute atomic E-state index is 14.1. The number of nitrogens with zero attached hydrogens (tertiary/aromatic N) is 1. The standard InChI is InChI=1S/C15H16FNO3S/c1-17(9-5-6-20-8-9)7-10-13-11(16)3-2-4-12(13)21-14(10)15(18)19/h2-4,9H,5-8H2,1H3,(H,18,19). The number of hydrogen-bond donors (Lipinski definition) is 1. The number of hydrogen-bond acceptors (Lipinski definition) is 4. The van der Waals surface area contributed by atoms with Crippen molar-refractivity contribution in [3.05, 3.63) is 34.5 Å². The second-order valence-electron chi connectivity index (χ2n) is 5.26. The van der Waals surface area contributed by atoms with Gasteiger partial charge in [0.05, 0.1) is 6.61 Å². The number of carboxylic acid groups (broad SMARTS) is 1. The molecule has 1 aliphatic rings. The van der Waals surface area contributed by atoms with Crippen LogP contribution in [0.3, 0.4) is 0 Å². The van der Waals surface area contributed by atoms with Crippen molar-refractivity contribution in [3.8, 4) is 0 Å². The molecule has 1 unspecified atom stereocenters. The normalized spacial score (nSPS) is 18.7. The molecule has 1 aliphatic heterocycles. The van der Waals surface area contributed by atoms with Crippen LogP contribution in [0.1, 0.15) is 21.7 Å². The Hall–Kier alpha value is -1.50. The lowest BCUT2D eigenvalue weighted by Crippen LogP contribution is -2.31. The molecule has 1 N–H and O–H groups in total. The van der Waals surface area contributed by atoms with Gasteiger partial charge in [-0.1, -0.05) is 6.07 Å². The van der Waals surface area contributed by atoms with Crippen LogP contribution in [0.15, 0.2) is 18.2 Å². The quantitative estimate of drug-likeness (QED) is 0.943. The minimum absolute atomic E-state index is 0.223. The first kappa shape index (κ1) is 14.4. The summed E-state index contributed by atoms with van der Waals surface area (Å²) >= 11 is 1.13. The van der Waals surface area contributed by atoms with Crippen LogP contribution < -0.4 is 0 Å².